The molecule has 1 N–H and O–H groups in total. The van der Waals surface area contributed by atoms with Gasteiger partial charge in [0.15, 0.2) is 0 Å². The molecule has 0 aliphatic heterocycles. The number of rotatable bonds is 4. The van der Waals surface area contributed by atoms with Gasteiger partial charge in [0, 0.05) is 35.8 Å². The zero-order chi connectivity index (χ0) is 18.0. The molecule has 0 fully saturated rings. The van der Waals surface area contributed by atoms with Gasteiger partial charge in [0.25, 0.3) is 11.6 Å². The van der Waals surface area contributed by atoms with Crippen molar-refractivity contribution < 1.29 is 9.72 Å². The summed E-state index contributed by atoms with van der Waals surface area (Å²) in [7, 11) is 1.86. The molecule has 0 bridgehead atoms. The fraction of sp³-hybridized carbons (Fsp3) is 0.0588. The first kappa shape index (κ1) is 16.7. The number of hydrazone groups is 1. The summed E-state index contributed by atoms with van der Waals surface area (Å²) in [6.45, 7) is 0. The van der Waals surface area contributed by atoms with Crippen LogP contribution in [0.4, 0.5) is 5.69 Å². The molecule has 1 heterocycles. The van der Waals surface area contributed by atoms with Crippen molar-refractivity contribution in [2.45, 2.75) is 0 Å². The first-order chi connectivity index (χ1) is 12.0. The van der Waals surface area contributed by atoms with Crippen molar-refractivity contribution >= 4 is 40.3 Å². The average molecular weight is 357 g/mol. The number of aryl methyl sites for hydroxylation is 1. The van der Waals surface area contributed by atoms with Crippen LogP contribution in [0.2, 0.25) is 5.02 Å². The van der Waals surface area contributed by atoms with Crippen LogP contribution in [0, 0.1) is 10.1 Å². The van der Waals surface area contributed by atoms with Gasteiger partial charge in [0.1, 0.15) is 5.02 Å². The van der Waals surface area contributed by atoms with E-state index in [1.807, 2.05) is 35.9 Å². The molecule has 0 unspecified atom stereocenters. The smallest absolute Gasteiger partial charge is 0.288 e. The van der Waals surface area contributed by atoms with Crippen molar-refractivity contribution in [2.24, 2.45) is 12.1 Å². The molecular formula is C17H13ClN4O3. The molecule has 3 rings (SSSR count). The van der Waals surface area contributed by atoms with Crippen molar-refractivity contribution in [3.63, 3.8) is 0 Å². The Labute approximate surface area is 147 Å². The number of para-hydroxylation sites is 1. The number of carbonyl (C=O) groups excluding carboxylic acids is 1. The van der Waals surface area contributed by atoms with Crippen molar-refractivity contribution in [3.8, 4) is 0 Å². The largest absolute Gasteiger partial charge is 0.350 e. The Morgan fingerprint density at radius 2 is 2.08 bits per heavy atom. The molecule has 0 saturated heterocycles. The van der Waals surface area contributed by atoms with Crippen LogP contribution in [0.1, 0.15) is 15.9 Å². The molecule has 0 aliphatic rings. The van der Waals surface area contributed by atoms with E-state index in [1.165, 1.54) is 18.3 Å². The number of hydrogen-bond donors (Lipinski definition) is 1. The predicted molar refractivity (Wildman–Crippen MR) is 96.1 cm³/mol. The number of carbonyl (C=O) groups is 1. The molecule has 1 amide bonds. The molecule has 0 saturated carbocycles. The summed E-state index contributed by atoms with van der Waals surface area (Å²) in [6, 6.07) is 11.8. The standard InChI is InChI=1S/C17H13ClN4O3/c1-21-10-13(12-4-2-3-5-15(12)21)17(23)20-19-9-11-6-7-14(18)16(8-11)22(24)25/h2-10H,1H3,(H,20,23). The quantitative estimate of drug-likeness (QED) is 0.440. The molecule has 0 radical (unpaired) electrons. The van der Waals surface area contributed by atoms with Crippen molar-refractivity contribution in [1.82, 2.24) is 9.99 Å². The van der Waals surface area contributed by atoms with Gasteiger partial charge in [0.2, 0.25) is 0 Å². The topological polar surface area (TPSA) is 89.5 Å². The minimum atomic E-state index is -0.575. The van der Waals surface area contributed by atoms with Crippen LogP contribution in [-0.2, 0) is 7.05 Å². The number of halogens is 1. The summed E-state index contributed by atoms with van der Waals surface area (Å²) in [4.78, 5) is 22.6. The molecule has 1 aromatic heterocycles. The van der Waals surface area contributed by atoms with Gasteiger partial charge in [-0.05, 0) is 12.1 Å². The normalized spacial score (nSPS) is 11.1. The van der Waals surface area contributed by atoms with E-state index >= 15 is 0 Å². The van der Waals surface area contributed by atoms with Crippen LogP contribution in [0.3, 0.4) is 0 Å². The highest BCUT2D eigenvalue weighted by atomic mass is 35.5. The van der Waals surface area contributed by atoms with Crippen molar-refractivity contribution in [1.29, 1.82) is 0 Å². The number of nitro benzene ring substituents is 1. The van der Waals surface area contributed by atoms with Crippen molar-refractivity contribution in [2.75, 3.05) is 0 Å². The highest BCUT2D eigenvalue weighted by Gasteiger charge is 2.13. The molecule has 0 spiro atoms. The third kappa shape index (κ3) is 3.36. The van der Waals surface area contributed by atoms with Gasteiger partial charge >= 0.3 is 0 Å². The summed E-state index contributed by atoms with van der Waals surface area (Å²) in [5, 5.41) is 15.6. The Kier molecular flexibility index (Phi) is 4.49. The zero-order valence-corrected chi connectivity index (χ0v) is 13.9. The lowest BCUT2D eigenvalue weighted by atomic mass is 10.2. The summed E-state index contributed by atoms with van der Waals surface area (Å²) in [5.41, 5.74) is 4.10. The highest BCUT2D eigenvalue weighted by Crippen LogP contribution is 2.24. The number of benzene rings is 2. The van der Waals surface area contributed by atoms with Crippen LogP contribution in [0.25, 0.3) is 10.9 Å². The van der Waals surface area contributed by atoms with E-state index < -0.39 is 4.92 Å². The van der Waals surface area contributed by atoms with Crippen LogP contribution in [0.15, 0.2) is 53.8 Å². The average Bonchev–Trinajstić information content (AvgIpc) is 2.93. The predicted octanol–water partition coefficient (Wildman–Crippen LogP) is 3.50. The lowest BCUT2D eigenvalue weighted by Gasteiger charge is -1.99. The van der Waals surface area contributed by atoms with Gasteiger partial charge in [-0.1, -0.05) is 35.9 Å². The summed E-state index contributed by atoms with van der Waals surface area (Å²) >= 11 is 5.76. The number of nitro groups is 1. The fourth-order valence-corrected chi connectivity index (χ4v) is 2.68. The molecular weight excluding hydrogens is 344 g/mol. The number of amides is 1. The van der Waals surface area contributed by atoms with E-state index in [4.69, 9.17) is 11.6 Å². The number of aromatic nitrogens is 1. The van der Waals surface area contributed by atoms with E-state index in [0.717, 1.165) is 10.9 Å². The Morgan fingerprint density at radius 1 is 1.32 bits per heavy atom. The molecule has 7 nitrogen and oxygen atoms in total. The van der Waals surface area contributed by atoms with Crippen LogP contribution in [0.5, 0.6) is 0 Å². The Balaban J connectivity index is 1.79. The number of fused-ring (bicyclic) bond motifs is 1. The Bertz CT molecular complexity index is 1010. The Morgan fingerprint density at radius 3 is 2.84 bits per heavy atom. The van der Waals surface area contributed by atoms with E-state index in [9.17, 15) is 14.9 Å². The SMILES string of the molecule is Cn1cc(C(=O)NN=Cc2ccc(Cl)c([N+](=O)[O-])c2)c2ccccc21. The first-order valence-electron chi connectivity index (χ1n) is 7.29. The second-order valence-electron chi connectivity index (χ2n) is 5.34. The third-order valence-electron chi connectivity index (χ3n) is 3.69. The number of nitrogens with one attached hydrogen (secondary N) is 1. The second kappa shape index (κ2) is 6.74. The molecule has 0 aliphatic carbocycles. The molecule has 126 valence electrons. The fourth-order valence-electron chi connectivity index (χ4n) is 2.50. The molecule has 0 atom stereocenters. The van der Waals surface area contributed by atoms with Crippen molar-refractivity contribution in [3.05, 3.63) is 74.9 Å². The minimum absolute atomic E-state index is 0.0435. The second-order valence-corrected chi connectivity index (χ2v) is 5.75. The monoisotopic (exact) mass is 356 g/mol. The van der Waals surface area contributed by atoms with E-state index in [0.29, 0.717) is 11.1 Å². The van der Waals surface area contributed by atoms with Gasteiger partial charge in [-0.25, -0.2) is 5.43 Å². The van der Waals surface area contributed by atoms with Gasteiger partial charge in [-0.15, -0.1) is 0 Å². The summed E-state index contributed by atoms with van der Waals surface area (Å²) in [5.74, 6) is -0.364. The zero-order valence-electron chi connectivity index (χ0n) is 13.1. The van der Waals surface area contributed by atoms with Gasteiger partial charge in [-0.3, -0.25) is 14.9 Å². The highest BCUT2D eigenvalue weighted by molar-refractivity contribution is 6.32. The lowest BCUT2D eigenvalue weighted by molar-refractivity contribution is -0.384. The van der Waals surface area contributed by atoms with E-state index in [1.54, 1.807) is 12.3 Å². The summed E-state index contributed by atoms with van der Waals surface area (Å²) < 4.78 is 1.86. The molecule has 8 heteroatoms. The van der Waals surface area contributed by atoms with Gasteiger partial charge < -0.3 is 4.57 Å². The minimum Gasteiger partial charge on any atom is -0.350 e. The van der Waals surface area contributed by atoms with Gasteiger partial charge in [0.05, 0.1) is 16.7 Å². The maximum atomic E-state index is 12.3. The maximum Gasteiger partial charge on any atom is 0.288 e. The third-order valence-corrected chi connectivity index (χ3v) is 4.01. The van der Waals surface area contributed by atoms with E-state index in [-0.39, 0.29) is 16.6 Å². The van der Waals surface area contributed by atoms with Gasteiger partial charge in [-0.2, -0.15) is 5.10 Å². The first-order valence-corrected chi connectivity index (χ1v) is 7.66. The Hall–Kier alpha value is -3.19. The van der Waals surface area contributed by atoms with Crippen LogP contribution in [-0.4, -0.2) is 21.6 Å². The molecule has 3 aromatic rings. The molecule has 25 heavy (non-hydrogen) atoms. The maximum absolute atomic E-state index is 12.3. The number of nitrogens with zero attached hydrogens (tertiary/aromatic N) is 3. The van der Waals surface area contributed by atoms with Crippen LogP contribution >= 0.6 is 11.6 Å². The molecule has 2 aromatic carbocycles. The summed E-state index contributed by atoms with van der Waals surface area (Å²) in [6.07, 6.45) is 3.05. The van der Waals surface area contributed by atoms with Crippen LogP contribution < -0.4 is 5.43 Å². The number of hydrogen-bond acceptors (Lipinski definition) is 4. The lowest BCUT2D eigenvalue weighted by Crippen LogP contribution is -2.17. The van der Waals surface area contributed by atoms with E-state index in [2.05, 4.69) is 10.5 Å².